The van der Waals surface area contributed by atoms with E-state index in [4.69, 9.17) is 27.9 Å². The van der Waals surface area contributed by atoms with Gasteiger partial charge >= 0.3 is 5.15 Å². The summed E-state index contributed by atoms with van der Waals surface area (Å²) in [5.41, 5.74) is 1.22. The molecule has 0 aliphatic heterocycles. The van der Waals surface area contributed by atoms with Gasteiger partial charge < -0.3 is 4.74 Å². The van der Waals surface area contributed by atoms with E-state index < -0.39 is 5.91 Å². The molecule has 0 bridgehead atoms. The van der Waals surface area contributed by atoms with E-state index in [9.17, 15) is 4.79 Å². The molecule has 11 heteroatoms. The highest BCUT2D eigenvalue weighted by Gasteiger charge is 2.21. The lowest BCUT2D eigenvalue weighted by atomic mass is 10.2. The summed E-state index contributed by atoms with van der Waals surface area (Å²) in [6.07, 6.45) is 4.64. The molecule has 0 radical (unpaired) electrons. The molecule has 0 saturated heterocycles. The van der Waals surface area contributed by atoms with E-state index in [0.29, 0.717) is 27.1 Å². The number of anilines is 1. The summed E-state index contributed by atoms with van der Waals surface area (Å²) in [6.45, 7) is 0.315. The van der Waals surface area contributed by atoms with Crippen molar-refractivity contribution in [3.05, 3.63) is 82.6 Å². The van der Waals surface area contributed by atoms with Gasteiger partial charge in [0.25, 0.3) is 11.1 Å². The molecule has 3 aromatic heterocycles. The maximum Gasteiger partial charge on any atom is 0.304 e. The first-order chi connectivity index (χ1) is 14.1. The number of pyridine rings is 1. The molecule has 0 fully saturated rings. The van der Waals surface area contributed by atoms with Crippen LogP contribution < -0.4 is 14.7 Å². The zero-order valence-corrected chi connectivity index (χ0v) is 17.0. The number of rotatable bonds is 6. The maximum absolute atomic E-state index is 12.7. The average Bonchev–Trinajstić information content (AvgIpc) is 3.37. The van der Waals surface area contributed by atoms with E-state index in [1.165, 1.54) is 17.2 Å². The smallest absolute Gasteiger partial charge is 0.304 e. The summed E-state index contributed by atoms with van der Waals surface area (Å²) in [5.74, 6) is -0.407. The first-order valence-corrected chi connectivity index (χ1v) is 9.89. The van der Waals surface area contributed by atoms with Gasteiger partial charge in [0, 0.05) is 17.2 Å². The Morgan fingerprint density at radius 3 is 2.79 bits per heavy atom. The summed E-state index contributed by atoms with van der Waals surface area (Å²) in [5, 5.41) is 12.3. The molecule has 0 saturated carbocycles. The molecular formula is C18H13Cl2N6O2S+. The molecule has 0 atom stereocenters. The maximum atomic E-state index is 12.7. The van der Waals surface area contributed by atoms with E-state index in [0.717, 1.165) is 16.9 Å². The van der Waals surface area contributed by atoms with Gasteiger partial charge in [-0.2, -0.15) is 0 Å². The Morgan fingerprint density at radius 1 is 1.17 bits per heavy atom. The predicted octanol–water partition coefficient (Wildman–Crippen LogP) is 3.47. The fourth-order valence-corrected chi connectivity index (χ4v) is 3.34. The van der Waals surface area contributed by atoms with E-state index in [-0.39, 0.29) is 5.69 Å². The van der Waals surface area contributed by atoms with Crippen LogP contribution >= 0.6 is 34.5 Å². The summed E-state index contributed by atoms with van der Waals surface area (Å²) < 4.78 is 8.72. The molecule has 1 N–H and O–H groups in total. The Morgan fingerprint density at radius 2 is 2.00 bits per heavy atom. The largest absolute Gasteiger partial charge is 0.464 e. The topological polar surface area (TPSA) is 85.8 Å². The second kappa shape index (κ2) is 8.56. The fraction of sp³-hybridized carbons (Fsp3) is 0.0556. The zero-order valence-electron chi connectivity index (χ0n) is 14.7. The van der Waals surface area contributed by atoms with E-state index in [2.05, 4.69) is 20.5 Å². The molecule has 1 aromatic carbocycles. The molecule has 8 nitrogen and oxygen atoms in total. The van der Waals surface area contributed by atoms with Crippen molar-refractivity contribution >= 4 is 45.6 Å². The van der Waals surface area contributed by atoms with Crippen LogP contribution in [0.25, 0.3) is 0 Å². The second-order valence-corrected chi connectivity index (χ2v) is 7.50. The van der Waals surface area contributed by atoms with Gasteiger partial charge in [0.2, 0.25) is 11.3 Å². The number of carbonyl (C=O) groups excluding carboxylic acids is 1. The minimum Gasteiger partial charge on any atom is -0.464 e. The molecule has 0 aliphatic carbocycles. The summed E-state index contributed by atoms with van der Waals surface area (Å²) in [4.78, 5) is 16.7. The molecule has 29 heavy (non-hydrogen) atoms. The molecule has 4 aromatic rings. The van der Waals surface area contributed by atoms with Crippen LogP contribution in [0.15, 0.2) is 61.2 Å². The standard InChI is InChI=1S/C18H12Cl2N6O2S/c19-13-6-4-12(5-7-13)10-28-18-24-23-17(29-18)22-16(27)14-9-21-11-26(14)25-8-2-1-3-15(25)20/h1-9,11H,10H2/p+1. The third kappa shape index (κ3) is 4.53. The number of halogens is 2. The number of amides is 1. The average molecular weight is 448 g/mol. The third-order valence-corrected chi connectivity index (χ3v) is 5.08. The monoisotopic (exact) mass is 447 g/mol. The van der Waals surface area contributed by atoms with Crippen molar-refractivity contribution in [2.45, 2.75) is 6.61 Å². The Kier molecular flexibility index (Phi) is 5.70. The van der Waals surface area contributed by atoms with Crippen molar-refractivity contribution in [2.75, 3.05) is 5.32 Å². The number of aromatic nitrogens is 5. The van der Waals surface area contributed by atoms with Gasteiger partial charge in [-0.3, -0.25) is 10.1 Å². The van der Waals surface area contributed by atoms with Crippen molar-refractivity contribution in [1.29, 1.82) is 0 Å². The lowest BCUT2D eigenvalue weighted by Crippen LogP contribution is -2.44. The van der Waals surface area contributed by atoms with Crippen LogP contribution in [0, 0.1) is 0 Å². The molecule has 3 heterocycles. The van der Waals surface area contributed by atoms with E-state index >= 15 is 0 Å². The molecule has 0 unspecified atom stereocenters. The molecule has 146 valence electrons. The van der Waals surface area contributed by atoms with Crippen LogP contribution in [0.1, 0.15) is 16.1 Å². The molecule has 0 spiro atoms. The van der Waals surface area contributed by atoms with Crippen LogP contribution in [-0.4, -0.2) is 25.8 Å². The molecular weight excluding hydrogens is 435 g/mol. The Balaban J connectivity index is 1.43. The fourth-order valence-electron chi connectivity index (χ4n) is 2.42. The molecule has 4 rings (SSSR count). The SMILES string of the molecule is O=C(Nc1nnc(OCc2ccc(Cl)cc2)s1)c1cncn1-[n+]1ccccc1Cl. The number of nitrogens with one attached hydrogen (secondary N) is 1. The van der Waals surface area contributed by atoms with Gasteiger partial charge in [0.1, 0.15) is 6.61 Å². The zero-order chi connectivity index (χ0) is 20.2. The van der Waals surface area contributed by atoms with Crippen LogP contribution in [0.2, 0.25) is 10.2 Å². The number of ether oxygens (including phenoxy) is 1. The van der Waals surface area contributed by atoms with Gasteiger partial charge in [-0.05, 0) is 46.7 Å². The second-order valence-electron chi connectivity index (χ2n) is 5.73. The Labute approximate surface area is 179 Å². The molecule has 1 amide bonds. The number of nitrogens with zero attached hydrogens (tertiary/aromatic N) is 5. The van der Waals surface area contributed by atoms with E-state index in [1.807, 2.05) is 12.1 Å². The first kappa shape index (κ1) is 19.3. The van der Waals surface area contributed by atoms with Crippen LogP contribution in [0.4, 0.5) is 5.13 Å². The highest BCUT2D eigenvalue weighted by atomic mass is 35.5. The van der Waals surface area contributed by atoms with Crippen LogP contribution in [0.5, 0.6) is 5.19 Å². The van der Waals surface area contributed by atoms with Gasteiger partial charge in [-0.1, -0.05) is 38.2 Å². The Bertz CT molecular complexity index is 1150. The normalized spacial score (nSPS) is 10.7. The van der Waals surface area contributed by atoms with Crippen molar-refractivity contribution < 1.29 is 14.2 Å². The molecule has 0 aliphatic rings. The van der Waals surface area contributed by atoms with Crippen molar-refractivity contribution in [3.8, 4) is 5.19 Å². The minimum atomic E-state index is -0.407. The highest BCUT2D eigenvalue weighted by Crippen LogP contribution is 2.24. The number of imidazole rings is 1. The van der Waals surface area contributed by atoms with Crippen LogP contribution in [0.3, 0.4) is 0 Å². The van der Waals surface area contributed by atoms with Crippen molar-refractivity contribution in [1.82, 2.24) is 19.9 Å². The summed E-state index contributed by atoms with van der Waals surface area (Å²) in [6, 6.07) is 12.6. The predicted molar refractivity (Wildman–Crippen MR) is 108 cm³/mol. The van der Waals surface area contributed by atoms with Gasteiger partial charge in [-0.15, -0.1) is 5.10 Å². The van der Waals surface area contributed by atoms with Crippen molar-refractivity contribution in [2.24, 2.45) is 0 Å². The van der Waals surface area contributed by atoms with E-state index in [1.54, 1.807) is 41.2 Å². The summed E-state index contributed by atoms with van der Waals surface area (Å²) in [7, 11) is 0. The highest BCUT2D eigenvalue weighted by molar-refractivity contribution is 7.17. The third-order valence-electron chi connectivity index (χ3n) is 3.78. The quantitative estimate of drug-likeness (QED) is 0.361. The number of hydrogen-bond acceptors (Lipinski definition) is 6. The number of benzene rings is 1. The first-order valence-electron chi connectivity index (χ1n) is 8.31. The van der Waals surface area contributed by atoms with Gasteiger partial charge in [-0.25, -0.2) is 4.98 Å². The lowest BCUT2D eigenvalue weighted by molar-refractivity contribution is -0.726. The van der Waals surface area contributed by atoms with Crippen molar-refractivity contribution in [3.63, 3.8) is 0 Å². The number of hydrogen-bond donors (Lipinski definition) is 1. The number of carbonyl (C=O) groups is 1. The van der Waals surface area contributed by atoms with Gasteiger partial charge in [0.05, 0.1) is 6.20 Å². The summed E-state index contributed by atoms with van der Waals surface area (Å²) >= 11 is 13.2. The Hall–Kier alpha value is -3.01. The van der Waals surface area contributed by atoms with Crippen LogP contribution in [-0.2, 0) is 6.61 Å². The lowest BCUT2D eigenvalue weighted by Gasteiger charge is -2.03. The minimum absolute atomic E-state index is 0.280. The van der Waals surface area contributed by atoms with Gasteiger partial charge in [0.15, 0.2) is 12.0 Å².